The minimum Gasteiger partial charge on any atom is -0.435 e. The molecule has 0 bridgehead atoms. The fourth-order valence-electron chi connectivity index (χ4n) is 3.30. The zero-order valence-electron chi connectivity index (χ0n) is 13.3. The third kappa shape index (κ3) is 3.38. The summed E-state index contributed by atoms with van der Waals surface area (Å²) in [6.45, 7) is 3.75. The van der Waals surface area contributed by atoms with Gasteiger partial charge in [0.1, 0.15) is 6.04 Å². The Morgan fingerprint density at radius 1 is 1.30 bits per heavy atom. The van der Waals surface area contributed by atoms with Crippen LogP contribution in [-0.4, -0.2) is 40.0 Å². The van der Waals surface area contributed by atoms with E-state index in [1.165, 1.54) is 0 Å². The second-order valence-corrected chi connectivity index (χ2v) is 7.16. The molecule has 1 aromatic rings. The quantitative estimate of drug-likeness (QED) is 0.633. The first-order valence-electron chi connectivity index (χ1n) is 7.73. The minimum atomic E-state index is -1.11. The van der Waals surface area contributed by atoms with E-state index in [2.05, 4.69) is 15.9 Å². The highest BCUT2D eigenvalue weighted by Crippen LogP contribution is 2.31. The number of quaternary nitrogens is 1. The lowest BCUT2D eigenvalue weighted by molar-refractivity contribution is -0.794. The van der Waals surface area contributed by atoms with E-state index in [-0.39, 0.29) is 24.2 Å². The van der Waals surface area contributed by atoms with Crippen molar-refractivity contribution >= 4 is 33.7 Å². The second kappa shape index (κ2) is 6.93. The molecule has 2 rings (SSSR count). The van der Waals surface area contributed by atoms with Crippen LogP contribution in [0, 0.1) is 5.92 Å². The molecular weight excluding hydrogens is 362 g/mol. The number of halogens is 1. The van der Waals surface area contributed by atoms with Crippen molar-refractivity contribution in [3.63, 3.8) is 0 Å². The molecule has 0 saturated carbocycles. The SMILES string of the molecule is CC(CC(=O)c1ccc(Br)cc1)C(=O)[N@@+]1(C(=O)O)CCCC1C. The first-order chi connectivity index (χ1) is 10.8. The number of Topliss-reactive ketones (excluding diaryl/α,β-unsaturated/α-hetero) is 1. The average molecular weight is 383 g/mol. The Morgan fingerprint density at radius 2 is 1.91 bits per heavy atom. The molecule has 0 aliphatic carbocycles. The van der Waals surface area contributed by atoms with Gasteiger partial charge in [0.05, 0.1) is 12.5 Å². The Balaban J connectivity index is 2.14. The van der Waals surface area contributed by atoms with Gasteiger partial charge in [-0.3, -0.25) is 4.79 Å². The maximum Gasteiger partial charge on any atom is 0.521 e. The molecule has 5 nitrogen and oxygen atoms in total. The van der Waals surface area contributed by atoms with E-state index in [0.29, 0.717) is 24.9 Å². The predicted molar refractivity (Wildman–Crippen MR) is 89.1 cm³/mol. The normalized spacial score (nSPS) is 25.1. The third-order valence-corrected chi connectivity index (χ3v) is 5.23. The van der Waals surface area contributed by atoms with Gasteiger partial charge >= 0.3 is 12.0 Å². The van der Waals surface area contributed by atoms with E-state index in [9.17, 15) is 19.5 Å². The zero-order valence-corrected chi connectivity index (χ0v) is 14.9. The van der Waals surface area contributed by atoms with Crippen molar-refractivity contribution in [2.24, 2.45) is 5.92 Å². The molecule has 3 atom stereocenters. The number of likely N-dealkylation sites (tertiary alicyclic amines) is 1. The van der Waals surface area contributed by atoms with Gasteiger partial charge < -0.3 is 5.11 Å². The fourth-order valence-corrected chi connectivity index (χ4v) is 3.56. The highest BCUT2D eigenvalue weighted by atomic mass is 79.9. The third-order valence-electron chi connectivity index (χ3n) is 4.70. The fraction of sp³-hybridized carbons (Fsp3) is 0.471. The van der Waals surface area contributed by atoms with Crippen molar-refractivity contribution in [3.05, 3.63) is 34.3 Å². The van der Waals surface area contributed by atoms with Gasteiger partial charge in [-0.1, -0.05) is 28.1 Å². The standard InChI is InChI=1S/C17H20BrNO4/c1-11(10-15(20)13-5-7-14(18)8-6-13)16(21)19(17(22)23)9-3-4-12(19)2/h5-8,11-12H,3-4,9-10H2,1-2H3/p+1/t11?,12?,19-/m1/s1. The van der Waals surface area contributed by atoms with Crippen LogP contribution in [0.15, 0.2) is 28.7 Å². The van der Waals surface area contributed by atoms with Crippen molar-refractivity contribution in [1.29, 1.82) is 0 Å². The van der Waals surface area contributed by atoms with Crippen LogP contribution >= 0.6 is 15.9 Å². The largest absolute Gasteiger partial charge is 0.521 e. The van der Waals surface area contributed by atoms with Crippen molar-refractivity contribution < 1.29 is 24.0 Å². The molecule has 6 heteroatoms. The van der Waals surface area contributed by atoms with Gasteiger partial charge in [-0.25, -0.2) is 4.79 Å². The molecule has 0 radical (unpaired) electrons. The smallest absolute Gasteiger partial charge is 0.435 e. The van der Waals surface area contributed by atoms with Crippen molar-refractivity contribution in [2.45, 2.75) is 39.2 Å². The summed E-state index contributed by atoms with van der Waals surface area (Å²) in [6.07, 6.45) is 0.348. The number of ketones is 1. The number of imide groups is 1. The minimum absolute atomic E-state index is 0.0282. The summed E-state index contributed by atoms with van der Waals surface area (Å²) in [5, 5.41) is 9.60. The van der Waals surface area contributed by atoms with Gasteiger partial charge in [-0.05, 0) is 26.0 Å². The monoisotopic (exact) mass is 382 g/mol. The summed E-state index contributed by atoms with van der Waals surface area (Å²) in [6, 6.07) is 6.69. The lowest BCUT2D eigenvalue weighted by Crippen LogP contribution is -2.60. The number of nitrogens with zero attached hydrogens (tertiary/aromatic N) is 1. The molecular formula is C17H21BrNO4+. The van der Waals surface area contributed by atoms with E-state index in [4.69, 9.17) is 0 Å². The number of amides is 2. The summed E-state index contributed by atoms with van der Waals surface area (Å²) >= 11 is 3.31. The van der Waals surface area contributed by atoms with Gasteiger partial charge in [0.2, 0.25) is 0 Å². The van der Waals surface area contributed by atoms with Crippen molar-refractivity contribution in [2.75, 3.05) is 6.54 Å². The van der Waals surface area contributed by atoms with Crippen LogP contribution in [0.1, 0.15) is 43.5 Å². The van der Waals surface area contributed by atoms with Crippen LogP contribution in [0.5, 0.6) is 0 Å². The number of carbonyl (C=O) groups is 3. The summed E-state index contributed by atoms with van der Waals surface area (Å²) in [4.78, 5) is 36.8. The highest BCUT2D eigenvalue weighted by Gasteiger charge is 2.54. The number of carboxylic acid groups (broad SMARTS) is 1. The Morgan fingerprint density at radius 3 is 2.39 bits per heavy atom. The Labute approximate surface area is 144 Å². The van der Waals surface area contributed by atoms with Crippen LogP contribution in [0.4, 0.5) is 4.79 Å². The lowest BCUT2D eigenvalue weighted by Gasteiger charge is -2.31. The van der Waals surface area contributed by atoms with E-state index in [1.807, 2.05) is 0 Å². The van der Waals surface area contributed by atoms with Crippen LogP contribution in [0.25, 0.3) is 0 Å². The molecule has 1 heterocycles. The summed E-state index contributed by atoms with van der Waals surface area (Å²) < 4.78 is 0.328. The molecule has 0 spiro atoms. The molecule has 1 N–H and O–H groups in total. The molecule has 1 aliphatic heterocycles. The van der Waals surface area contributed by atoms with Crippen LogP contribution in [0.2, 0.25) is 0 Å². The second-order valence-electron chi connectivity index (χ2n) is 6.24. The van der Waals surface area contributed by atoms with Crippen LogP contribution in [-0.2, 0) is 4.79 Å². The van der Waals surface area contributed by atoms with Gasteiger partial charge in [0, 0.05) is 29.3 Å². The maximum absolute atomic E-state index is 12.8. The summed E-state index contributed by atoms with van der Waals surface area (Å²) in [5.74, 6) is -1.13. The number of hydrogen-bond donors (Lipinski definition) is 1. The van der Waals surface area contributed by atoms with Gasteiger partial charge in [-0.15, -0.1) is 0 Å². The van der Waals surface area contributed by atoms with Crippen LogP contribution < -0.4 is 0 Å². The number of carbonyl (C=O) groups excluding carboxylic acids is 2. The summed E-state index contributed by atoms with van der Waals surface area (Å²) in [7, 11) is 0. The van der Waals surface area contributed by atoms with E-state index < -0.39 is 16.5 Å². The first kappa shape index (κ1) is 17.8. The van der Waals surface area contributed by atoms with E-state index in [1.54, 1.807) is 38.1 Å². The van der Waals surface area contributed by atoms with Crippen molar-refractivity contribution in [1.82, 2.24) is 0 Å². The molecule has 2 unspecified atom stereocenters. The molecule has 1 aromatic carbocycles. The van der Waals surface area contributed by atoms with Gasteiger partial charge in [0.25, 0.3) is 0 Å². The number of benzene rings is 1. The zero-order chi connectivity index (χ0) is 17.2. The molecule has 124 valence electrons. The Hall–Kier alpha value is -1.53. The van der Waals surface area contributed by atoms with E-state index in [0.717, 1.165) is 4.47 Å². The molecule has 2 amide bonds. The molecule has 1 aliphatic rings. The lowest BCUT2D eigenvalue weighted by atomic mass is 9.97. The van der Waals surface area contributed by atoms with E-state index >= 15 is 0 Å². The number of hydrogen-bond acceptors (Lipinski definition) is 3. The van der Waals surface area contributed by atoms with Crippen molar-refractivity contribution in [3.8, 4) is 0 Å². The first-order valence-corrected chi connectivity index (χ1v) is 8.52. The molecule has 0 aromatic heterocycles. The average Bonchev–Trinajstić information content (AvgIpc) is 2.89. The predicted octanol–water partition coefficient (Wildman–Crippen LogP) is 3.86. The Kier molecular flexibility index (Phi) is 5.37. The Bertz CT molecular complexity index is 628. The summed E-state index contributed by atoms with van der Waals surface area (Å²) in [5.41, 5.74) is 0.532. The molecule has 1 fully saturated rings. The molecule has 1 saturated heterocycles. The van der Waals surface area contributed by atoms with Gasteiger partial charge in [0.15, 0.2) is 5.78 Å². The number of rotatable bonds is 4. The highest BCUT2D eigenvalue weighted by molar-refractivity contribution is 9.10. The maximum atomic E-state index is 12.8. The van der Waals surface area contributed by atoms with Gasteiger partial charge in [-0.2, -0.15) is 9.28 Å². The topological polar surface area (TPSA) is 71.4 Å². The molecule has 23 heavy (non-hydrogen) atoms. The van der Waals surface area contributed by atoms with Crippen LogP contribution in [0.3, 0.4) is 0 Å².